The van der Waals surface area contributed by atoms with Crippen molar-refractivity contribution in [3.05, 3.63) is 66.0 Å². The van der Waals surface area contributed by atoms with E-state index in [1.165, 1.54) is 0 Å². The molecule has 0 saturated heterocycles. The van der Waals surface area contributed by atoms with Gasteiger partial charge >= 0.3 is 0 Å². The number of anilines is 1. The highest BCUT2D eigenvalue weighted by molar-refractivity contribution is 6.04. The summed E-state index contributed by atoms with van der Waals surface area (Å²) in [6.07, 6.45) is 1.70. The molecule has 0 aliphatic rings. The Bertz CT molecular complexity index is 856. The van der Waals surface area contributed by atoms with Crippen LogP contribution >= 0.6 is 0 Å². The Kier molecular flexibility index (Phi) is 5.20. The van der Waals surface area contributed by atoms with Gasteiger partial charge in [0.25, 0.3) is 5.91 Å². The van der Waals surface area contributed by atoms with Crippen LogP contribution in [0.2, 0.25) is 0 Å². The van der Waals surface area contributed by atoms with Gasteiger partial charge in [0.15, 0.2) is 5.82 Å². The molecule has 0 radical (unpaired) electrons. The van der Waals surface area contributed by atoms with E-state index in [-0.39, 0.29) is 5.91 Å². The predicted octanol–water partition coefficient (Wildman–Crippen LogP) is 3.36. The van der Waals surface area contributed by atoms with Crippen molar-refractivity contribution in [1.82, 2.24) is 14.8 Å². The molecule has 25 heavy (non-hydrogen) atoms. The van der Waals surface area contributed by atoms with Gasteiger partial charge in [-0.1, -0.05) is 24.3 Å². The molecule has 0 bridgehead atoms. The smallest absolute Gasteiger partial charge is 0.255 e. The number of hydrogen-bond donors (Lipinski definition) is 1. The van der Waals surface area contributed by atoms with Crippen molar-refractivity contribution in [2.75, 3.05) is 12.4 Å². The second-order valence-electron chi connectivity index (χ2n) is 5.61. The molecular weight excluding hydrogens is 316 g/mol. The summed E-state index contributed by atoms with van der Waals surface area (Å²) in [5, 5.41) is 11.0. The lowest BCUT2D eigenvalue weighted by Gasteiger charge is -2.08. The van der Waals surface area contributed by atoms with Crippen LogP contribution in [0.15, 0.2) is 54.9 Å². The van der Waals surface area contributed by atoms with Gasteiger partial charge in [-0.05, 0) is 36.8 Å². The van der Waals surface area contributed by atoms with E-state index in [1.807, 2.05) is 47.9 Å². The van der Waals surface area contributed by atoms with Crippen molar-refractivity contribution in [2.45, 2.75) is 20.1 Å². The molecule has 1 amide bonds. The first-order valence-corrected chi connectivity index (χ1v) is 8.08. The standard InChI is InChI=1S/C19H20N4O2/c1-3-23-13-20-22-18(23)16-5-4-6-17(11-16)21-19(24)15-9-7-14(8-10-15)12-25-2/h4-11,13H,3,12H2,1-2H3,(H,21,24). The first-order valence-electron chi connectivity index (χ1n) is 8.08. The van der Waals surface area contributed by atoms with Crippen molar-refractivity contribution >= 4 is 11.6 Å². The molecule has 128 valence electrons. The van der Waals surface area contributed by atoms with Crippen LogP contribution in [0, 0.1) is 0 Å². The summed E-state index contributed by atoms with van der Waals surface area (Å²) < 4.78 is 7.03. The number of carbonyl (C=O) groups is 1. The van der Waals surface area contributed by atoms with Gasteiger partial charge in [-0.25, -0.2) is 0 Å². The number of carbonyl (C=O) groups excluding carboxylic acids is 1. The fourth-order valence-electron chi connectivity index (χ4n) is 2.57. The molecule has 0 aliphatic carbocycles. The quantitative estimate of drug-likeness (QED) is 0.749. The minimum atomic E-state index is -0.155. The molecule has 1 N–H and O–H groups in total. The molecule has 3 rings (SSSR count). The second kappa shape index (κ2) is 7.72. The number of amides is 1. The molecule has 1 heterocycles. The van der Waals surface area contributed by atoms with Gasteiger partial charge in [0.2, 0.25) is 0 Å². The van der Waals surface area contributed by atoms with Gasteiger partial charge in [-0.2, -0.15) is 0 Å². The molecule has 0 aliphatic heterocycles. The van der Waals surface area contributed by atoms with E-state index in [9.17, 15) is 4.79 Å². The number of benzene rings is 2. The first kappa shape index (κ1) is 16.9. The molecule has 0 unspecified atom stereocenters. The number of nitrogens with one attached hydrogen (secondary N) is 1. The predicted molar refractivity (Wildman–Crippen MR) is 96.2 cm³/mol. The number of hydrogen-bond acceptors (Lipinski definition) is 4. The Labute approximate surface area is 146 Å². The molecule has 0 spiro atoms. The molecule has 3 aromatic rings. The van der Waals surface area contributed by atoms with Crippen molar-refractivity contribution in [2.24, 2.45) is 0 Å². The third-order valence-electron chi connectivity index (χ3n) is 3.86. The van der Waals surface area contributed by atoms with Crippen LogP contribution in [0.5, 0.6) is 0 Å². The zero-order valence-electron chi connectivity index (χ0n) is 14.3. The van der Waals surface area contributed by atoms with Crippen molar-refractivity contribution in [1.29, 1.82) is 0 Å². The molecular formula is C19H20N4O2. The largest absolute Gasteiger partial charge is 0.380 e. The summed E-state index contributed by atoms with van der Waals surface area (Å²) in [5.41, 5.74) is 3.25. The van der Waals surface area contributed by atoms with E-state index in [0.29, 0.717) is 17.9 Å². The minimum absolute atomic E-state index is 0.155. The van der Waals surface area contributed by atoms with E-state index >= 15 is 0 Å². The van der Waals surface area contributed by atoms with Gasteiger partial charge in [-0.3, -0.25) is 4.79 Å². The van der Waals surface area contributed by atoms with Crippen LogP contribution in [0.3, 0.4) is 0 Å². The normalized spacial score (nSPS) is 10.6. The third-order valence-corrected chi connectivity index (χ3v) is 3.86. The average Bonchev–Trinajstić information content (AvgIpc) is 3.11. The van der Waals surface area contributed by atoms with Crippen LogP contribution in [0.4, 0.5) is 5.69 Å². The highest BCUT2D eigenvalue weighted by Crippen LogP contribution is 2.21. The minimum Gasteiger partial charge on any atom is -0.380 e. The van der Waals surface area contributed by atoms with Crippen LogP contribution < -0.4 is 5.32 Å². The zero-order valence-corrected chi connectivity index (χ0v) is 14.3. The van der Waals surface area contributed by atoms with Crippen molar-refractivity contribution < 1.29 is 9.53 Å². The Morgan fingerprint density at radius 2 is 2.00 bits per heavy atom. The number of rotatable bonds is 6. The summed E-state index contributed by atoms with van der Waals surface area (Å²) in [6, 6.07) is 15.0. The van der Waals surface area contributed by atoms with E-state index in [1.54, 1.807) is 25.6 Å². The molecule has 1 aromatic heterocycles. The van der Waals surface area contributed by atoms with Crippen LogP contribution in [0.25, 0.3) is 11.4 Å². The van der Waals surface area contributed by atoms with E-state index in [4.69, 9.17) is 4.74 Å². The number of methoxy groups -OCH3 is 1. The maximum atomic E-state index is 12.4. The maximum absolute atomic E-state index is 12.4. The fraction of sp³-hybridized carbons (Fsp3) is 0.211. The SMILES string of the molecule is CCn1cnnc1-c1cccc(NC(=O)c2ccc(COC)cc2)c1. The lowest BCUT2D eigenvalue weighted by Crippen LogP contribution is -2.12. The molecule has 0 atom stereocenters. The average molecular weight is 336 g/mol. The lowest BCUT2D eigenvalue weighted by atomic mass is 10.1. The van der Waals surface area contributed by atoms with Crippen LogP contribution in [0.1, 0.15) is 22.8 Å². The number of aromatic nitrogens is 3. The van der Waals surface area contributed by atoms with Crippen LogP contribution in [-0.4, -0.2) is 27.8 Å². The highest BCUT2D eigenvalue weighted by Gasteiger charge is 2.09. The van der Waals surface area contributed by atoms with Gasteiger partial charge in [0.1, 0.15) is 6.33 Å². The van der Waals surface area contributed by atoms with Crippen LogP contribution in [-0.2, 0) is 17.9 Å². The van der Waals surface area contributed by atoms with E-state index in [2.05, 4.69) is 15.5 Å². The Morgan fingerprint density at radius 3 is 2.72 bits per heavy atom. The number of ether oxygens (including phenoxy) is 1. The molecule has 0 saturated carbocycles. The maximum Gasteiger partial charge on any atom is 0.255 e. The Balaban J connectivity index is 1.76. The van der Waals surface area contributed by atoms with Gasteiger partial charge in [0.05, 0.1) is 6.61 Å². The molecule has 2 aromatic carbocycles. The summed E-state index contributed by atoms with van der Waals surface area (Å²) in [6.45, 7) is 3.35. The zero-order chi connectivity index (χ0) is 17.6. The lowest BCUT2D eigenvalue weighted by molar-refractivity contribution is 0.102. The first-order chi connectivity index (χ1) is 12.2. The van der Waals surface area contributed by atoms with Crippen molar-refractivity contribution in [3.63, 3.8) is 0 Å². The number of aryl methyl sites for hydroxylation is 1. The monoisotopic (exact) mass is 336 g/mol. The van der Waals surface area contributed by atoms with Gasteiger partial charge in [-0.15, -0.1) is 10.2 Å². The Hall–Kier alpha value is -2.99. The fourth-order valence-corrected chi connectivity index (χ4v) is 2.57. The van der Waals surface area contributed by atoms with E-state index in [0.717, 1.165) is 23.5 Å². The summed E-state index contributed by atoms with van der Waals surface area (Å²) in [7, 11) is 1.65. The number of nitrogens with zero attached hydrogens (tertiary/aromatic N) is 3. The summed E-state index contributed by atoms with van der Waals surface area (Å²) in [4.78, 5) is 12.4. The van der Waals surface area contributed by atoms with E-state index < -0.39 is 0 Å². The van der Waals surface area contributed by atoms with Gasteiger partial charge < -0.3 is 14.6 Å². The summed E-state index contributed by atoms with van der Waals surface area (Å²) in [5.74, 6) is 0.626. The summed E-state index contributed by atoms with van der Waals surface area (Å²) >= 11 is 0. The molecule has 6 nitrogen and oxygen atoms in total. The highest BCUT2D eigenvalue weighted by atomic mass is 16.5. The van der Waals surface area contributed by atoms with Crippen molar-refractivity contribution in [3.8, 4) is 11.4 Å². The molecule has 6 heteroatoms. The molecule has 0 fully saturated rings. The van der Waals surface area contributed by atoms with Gasteiger partial charge in [0, 0.05) is 30.5 Å². The third kappa shape index (κ3) is 3.92. The second-order valence-corrected chi connectivity index (χ2v) is 5.61. The Morgan fingerprint density at radius 1 is 1.20 bits per heavy atom. The topological polar surface area (TPSA) is 69.0 Å².